The number of esters is 1. The Balaban J connectivity index is 1.47. The molecule has 10 nitrogen and oxygen atoms in total. The minimum Gasteiger partial charge on any atom is -0.461 e. The summed E-state index contributed by atoms with van der Waals surface area (Å²) in [5.41, 5.74) is 2.25. The van der Waals surface area contributed by atoms with Crippen molar-refractivity contribution in [2.45, 2.75) is 59.1 Å². The van der Waals surface area contributed by atoms with Gasteiger partial charge in [-0.2, -0.15) is 0 Å². The van der Waals surface area contributed by atoms with E-state index < -0.39 is 29.6 Å². The Bertz CT molecular complexity index is 1410. The number of aromatic nitrogens is 1. The maximum atomic E-state index is 13.4. The Morgan fingerprint density at radius 1 is 1.00 bits per heavy atom. The van der Waals surface area contributed by atoms with Crippen molar-refractivity contribution in [1.82, 2.24) is 10.3 Å². The van der Waals surface area contributed by atoms with Crippen LogP contribution in [0.15, 0.2) is 48.5 Å². The number of ether oxygens (including phenoxy) is 2. The molecule has 1 aliphatic carbocycles. The molecule has 0 spiro atoms. The van der Waals surface area contributed by atoms with E-state index in [2.05, 4.69) is 20.9 Å². The Hall–Kier alpha value is -4.34. The zero-order valence-corrected chi connectivity index (χ0v) is 23.4. The van der Waals surface area contributed by atoms with Gasteiger partial charge < -0.3 is 30.4 Å². The molecule has 4 N–H and O–H groups in total. The number of benzene rings is 2. The Kier molecular flexibility index (Phi) is 8.46. The van der Waals surface area contributed by atoms with Crippen LogP contribution in [0.5, 0.6) is 0 Å². The molecule has 1 fully saturated rings. The molecule has 40 heavy (non-hydrogen) atoms. The molecule has 3 unspecified atom stereocenters. The van der Waals surface area contributed by atoms with Crippen molar-refractivity contribution in [2.24, 2.45) is 11.8 Å². The van der Waals surface area contributed by atoms with E-state index in [1.807, 2.05) is 19.1 Å². The van der Waals surface area contributed by atoms with E-state index in [1.54, 1.807) is 64.1 Å². The fourth-order valence-electron chi connectivity index (χ4n) is 4.30. The molecule has 4 rings (SSSR count). The number of carbonyl (C=O) groups excluding carboxylic acids is 4. The third-order valence-corrected chi connectivity index (χ3v) is 6.50. The molecule has 1 heterocycles. The zero-order valence-electron chi connectivity index (χ0n) is 23.4. The van der Waals surface area contributed by atoms with Crippen LogP contribution in [0.2, 0.25) is 0 Å². The molecule has 1 aliphatic rings. The smallest absolute Gasteiger partial charge is 0.408 e. The van der Waals surface area contributed by atoms with Crippen LogP contribution in [0.25, 0.3) is 10.9 Å². The second-order valence-electron chi connectivity index (χ2n) is 11.1. The lowest BCUT2D eigenvalue weighted by atomic mass is 10.0. The molecule has 0 bridgehead atoms. The SMILES string of the molecule is CCOC(=O)c1cc2cc(NC(=O)C(Cc3ccc(NC(=O)C4CC4C)cc3)NC(=O)OC(C)(C)C)ccc2[nH]1. The number of hydrogen-bond acceptors (Lipinski definition) is 6. The highest BCUT2D eigenvalue weighted by atomic mass is 16.6. The quantitative estimate of drug-likeness (QED) is 0.277. The molecular formula is C30H36N4O6. The summed E-state index contributed by atoms with van der Waals surface area (Å²) >= 11 is 0. The highest BCUT2D eigenvalue weighted by Crippen LogP contribution is 2.38. The molecule has 1 aromatic heterocycles. The molecule has 1 saturated carbocycles. The predicted octanol–water partition coefficient (Wildman–Crippen LogP) is 5.01. The third-order valence-electron chi connectivity index (χ3n) is 6.50. The van der Waals surface area contributed by atoms with Crippen LogP contribution in [0, 0.1) is 11.8 Å². The van der Waals surface area contributed by atoms with E-state index in [1.165, 1.54) is 0 Å². The van der Waals surface area contributed by atoms with Crippen molar-refractivity contribution in [2.75, 3.05) is 17.2 Å². The van der Waals surface area contributed by atoms with E-state index in [0.717, 1.165) is 17.4 Å². The largest absolute Gasteiger partial charge is 0.461 e. The minimum absolute atomic E-state index is 0.0119. The highest BCUT2D eigenvalue weighted by Gasteiger charge is 2.39. The number of aromatic amines is 1. The number of anilines is 2. The number of rotatable bonds is 9. The van der Waals surface area contributed by atoms with Gasteiger partial charge in [0.1, 0.15) is 17.3 Å². The van der Waals surface area contributed by atoms with E-state index in [9.17, 15) is 19.2 Å². The van der Waals surface area contributed by atoms with Crippen molar-refractivity contribution in [1.29, 1.82) is 0 Å². The molecule has 3 amide bonds. The average molecular weight is 549 g/mol. The van der Waals surface area contributed by atoms with Crippen molar-refractivity contribution in [3.8, 4) is 0 Å². The molecule has 0 saturated heterocycles. The number of carbonyl (C=O) groups is 4. The fourth-order valence-corrected chi connectivity index (χ4v) is 4.30. The second kappa shape index (κ2) is 11.8. The lowest BCUT2D eigenvalue weighted by Gasteiger charge is -2.23. The van der Waals surface area contributed by atoms with E-state index in [-0.39, 0.29) is 24.9 Å². The monoisotopic (exact) mass is 548 g/mol. The first-order chi connectivity index (χ1) is 18.9. The second-order valence-corrected chi connectivity index (χ2v) is 11.1. The molecule has 3 aromatic rings. The summed E-state index contributed by atoms with van der Waals surface area (Å²) in [7, 11) is 0. The molecule has 2 aromatic carbocycles. The minimum atomic E-state index is -0.945. The molecule has 3 atom stereocenters. The summed E-state index contributed by atoms with van der Waals surface area (Å²) < 4.78 is 10.4. The van der Waals surface area contributed by atoms with Crippen LogP contribution >= 0.6 is 0 Å². The fraction of sp³-hybridized carbons (Fsp3) is 0.400. The normalized spacial score (nSPS) is 17.0. The molecular weight excluding hydrogens is 512 g/mol. The van der Waals surface area contributed by atoms with Gasteiger partial charge in [0, 0.05) is 34.6 Å². The van der Waals surface area contributed by atoms with Gasteiger partial charge in [0.2, 0.25) is 11.8 Å². The summed E-state index contributed by atoms with van der Waals surface area (Å²) in [5, 5.41) is 9.17. The lowest BCUT2D eigenvalue weighted by Crippen LogP contribution is -2.47. The van der Waals surface area contributed by atoms with Crippen molar-refractivity contribution in [3.63, 3.8) is 0 Å². The maximum absolute atomic E-state index is 13.4. The number of hydrogen-bond donors (Lipinski definition) is 4. The Morgan fingerprint density at radius 2 is 1.68 bits per heavy atom. The van der Waals surface area contributed by atoms with Crippen molar-refractivity contribution in [3.05, 3.63) is 59.8 Å². The summed E-state index contributed by atoms with van der Waals surface area (Å²) in [5.74, 6) is -0.411. The van der Waals surface area contributed by atoms with Crippen LogP contribution in [0.1, 0.15) is 57.1 Å². The first-order valence-electron chi connectivity index (χ1n) is 13.4. The standard InChI is InChI=1S/C30H36N4O6/c1-6-39-28(37)25-16-19-15-21(11-12-23(19)33-25)32-27(36)24(34-29(38)40-30(3,4)5)14-18-7-9-20(10-8-18)31-26(35)22-13-17(22)2/h7-12,15-17,22,24,33H,6,13-14H2,1-5H3,(H,31,35)(H,32,36)(H,34,38). The van der Waals surface area contributed by atoms with Gasteiger partial charge in [-0.1, -0.05) is 19.1 Å². The van der Waals surface area contributed by atoms with Gasteiger partial charge in [0.05, 0.1) is 6.61 Å². The van der Waals surface area contributed by atoms with Gasteiger partial charge in [0.25, 0.3) is 0 Å². The van der Waals surface area contributed by atoms with Gasteiger partial charge in [-0.25, -0.2) is 9.59 Å². The number of nitrogens with one attached hydrogen (secondary N) is 4. The summed E-state index contributed by atoms with van der Waals surface area (Å²) in [6.45, 7) is 9.28. The third kappa shape index (κ3) is 7.62. The molecule has 0 aliphatic heterocycles. The maximum Gasteiger partial charge on any atom is 0.408 e. The number of amides is 3. The average Bonchev–Trinajstić information content (AvgIpc) is 3.46. The van der Waals surface area contributed by atoms with Gasteiger partial charge >= 0.3 is 12.1 Å². The van der Waals surface area contributed by atoms with E-state index >= 15 is 0 Å². The van der Waals surface area contributed by atoms with Crippen molar-refractivity contribution >= 4 is 46.2 Å². The topological polar surface area (TPSA) is 139 Å². The number of fused-ring (bicyclic) bond motifs is 1. The van der Waals surface area contributed by atoms with Crippen LogP contribution in [-0.2, 0) is 25.5 Å². The Labute approximate surface area is 233 Å². The van der Waals surface area contributed by atoms with E-state index in [4.69, 9.17) is 9.47 Å². The molecule has 0 radical (unpaired) electrons. The first-order valence-corrected chi connectivity index (χ1v) is 13.4. The van der Waals surface area contributed by atoms with Crippen molar-refractivity contribution < 1.29 is 28.7 Å². The van der Waals surface area contributed by atoms with Crippen LogP contribution in [-0.4, -0.2) is 47.1 Å². The number of alkyl carbamates (subject to hydrolysis) is 1. The van der Waals surface area contributed by atoms with Gasteiger partial charge in [0.15, 0.2) is 0 Å². The highest BCUT2D eigenvalue weighted by molar-refractivity contribution is 6.00. The van der Waals surface area contributed by atoms with Crippen LogP contribution in [0.3, 0.4) is 0 Å². The summed E-state index contributed by atoms with van der Waals surface area (Å²) in [6, 6.07) is 13.1. The summed E-state index contributed by atoms with van der Waals surface area (Å²) in [4.78, 5) is 53.2. The Morgan fingerprint density at radius 3 is 2.30 bits per heavy atom. The summed E-state index contributed by atoms with van der Waals surface area (Å²) in [6.07, 6.45) is 0.383. The predicted molar refractivity (Wildman–Crippen MR) is 152 cm³/mol. The first kappa shape index (κ1) is 28.7. The molecule has 10 heteroatoms. The molecule has 212 valence electrons. The van der Waals surface area contributed by atoms with Crippen LogP contribution < -0.4 is 16.0 Å². The zero-order chi connectivity index (χ0) is 29.0. The lowest BCUT2D eigenvalue weighted by molar-refractivity contribution is -0.118. The number of H-pyrrole nitrogens is 1. The van der Waals surface area contributed by atoms with Gasteiger partial charge in [-0.05, 0) is 82.0 Å². The van der Waals surface area contributed by atoms with Gasteiger partial charge in [-0.3, -0.25) is 9.59 Å². The van der Waals surface area contributed by atoms with Crippen LogP contribution in [0.4, 0.5) is 16.2 Å². The van der Waals surface area contributed by atoms with Gasteiger partial charge in [-0.15, -0.1) is 0 Å². The van der Waals surface area contributed by atoms with E-state index in [0.29, 0.717) is 28.5 Å².